The Morgan fingerprint density at radius 3 is 2.53 bits per heavy atom. The van der Waals surface area contributed by atoms with E-state index in [2.05, 4.69) is 36.3 Å². The van der Waals surface area contributed by atoms with E-state index in [4.69, 9.17) is 11.6 Å². The summed E-state index contributed by atoms with van der Waals surface area (Å²) in [6.45, 7) is 8.04. The molecular formula is C12H14ClN3OS2. The lowest BCUT2D eigenvalue weighted by Gasteiger charge is -2.12. The Morgan fingerprint density at radius 2 is 2.05 bits per heavy atom. The van der Waals surface area contributed by atoms with Crippen molar-refractivity contribution in [2.45, 2.75) is 33.1 Å². The van der Waals surface area contributed by atoms with E-state index in [1.165, 1.54) is 22.7 Å². The number of aromatic nitrogens is 2. The van der Waals surface area contributed by atoms with Gasteiger partial charge in [-0.05, 0) is 17.9 Å². The first-order valence-electron chi connectivity index (χ1n) is 5.68. The molecular weight excluding hydrogens is 302 g/mol. The van der Waals surface area contributed by atoms with E-state index in [9.17, 15) is 4.79 Å². The quantitative estimate of drug-likeness (QED) is 0.907. The van der Waals surface area contributed by atoms with Crippen LogP contribution in [0.4, 0.5) is 5.13 Å². The number of carbonyl (C=O) groups is 1. The predicted molar refractivity (Wildman–Crippen MR) is 80.6 cm³/mol. The van der Waals surface area contributed by atoms with E-state index < -0.39 is 0 Å². The molecule has 1 amide bonds. The minimum Gasteiger partial charge on any atom is -0.296 e. The number of hydrogen-bond donors (Lipinski definition) is 1. The van der Waals surface area contributed by atoms with Crippen molar-refractivity contribution in [3.63, 3.8) is 0 Å². The van der Waals surface area contributed by atoms with Gasteiger partial charge in [-0.2, -0.15) is 0 Å². The highest BCUT2D eigenvalue weighted by molar-refractivity contribution is 7.16. The molecule has 0 spiro atoms. The Bertz CT molecular complexity index is 613. The summed E-state index contributed by atoms with van der Waals surface area (Å²) in [5.41, 5.74) is 0.835. The third-order valence-electron chi connectivity index (χ3n) is 2.39. The molecule has 2 aromatic heterocycles. The number of anilines is 1. The number of aryl methyl sites for hydroxylation is 1. The van der Waals surface area contributed by atoms with Gasteiger partial charge < -0.3 is 0 Å². The van der Waals surface area contributed by atoms with Crippen LogP contribution in [0.2, 0.25) is 5.02 Å². The second kappa shape index (κ2) is 5.19. The average Bonchev–Trinajstić information content (AvgIpc) is 2.87. The van der Waals surface area contributed by atoms with Gasteiger partial charge >= 0.3 is 0 Å². The van der Waals surface area contributed by atoms with Crippen molar-refractivity contribution in [1.29, 1.82) is 0 Å². The van der Waals surface area contributed by atoms with Gasteiger partial charge in [-0.3, -0.25) is 10.1 Å². The summed E-state index contributed by atoms with van der Waals surface area (Å²) in [6, 6.07) is 0. The van der Waals surface area contributed by atoms with Crippen LogP contribution in [-0.2, 0) is 5.41 Å². The van der Waals surface area contributed by atoms with Crippen LogP contribution in [0, 0.1) is 6.92 Å². The fourth-order valence-corrected chi connectivity index (χ4v) is 3.28. The maximum absolute atomic E-state index is 12.1. The lowest BCUT2D eigenvalue weighted by molar-refractivity contribution is 0.103. The molecule has 2 heterocycles. The number of carbonyl (C=O) groups excluding carboxylic acids is 1. The molecule has 0 bridgehead atoms. The monoisotopic (exact) mass is 315 g/mol. The first-order valence-corrected chi connectivity index (χ1v) is 7.75. The van der Waals surface area contributed by atoms with Gasteiger partial charge in [0.15, 0.2) is 0 Å². The third-order valence-corrected chi connectivity index (χ3v) is 5.35. The standard InChI is InChI=1S/C12H14ClN3OS2/c1-6-5-18-8(7(6)13)9(17)14-11-16-15-10(19-11)12(2,3)4/h5H,1-4H3,(H,14,16,17). The van der Waals surface area contributed by atoms with Gasteiger partial charge in [0.25, 0.3) is 5.91 Å². The van der Waals surface area contributed by atoms with Crippen molar-refractivity contribution >= 4 is 45.3 Å². The average molecular weight is 316 g/mol. The molecule has 0 aromatic carbocycles. The van der Waals surface area contributed by atoms with Crippen molar-refractivity contribution in [2.24, 2.45) is 0 Å². The molecule has 0 saturated carbocycles. The molecule has 0 aliphatic heterocycles. The minimum atomic E-state index is -0.236. The van der Waals surface area contributed by atoms with E-state index >= 15 is 0 Å². The second-order valence-corrected chi connectivity index (χ2v) is 7.41. The van der Waals surface area contributed by atoms with E-state index in [1.807, 2.05) is 12.3 Å². The van der Waals surface area contributed by atoms with E-state index in [0.717, 1.165) is 10.6 Å². The lowest BCUT2D eigenvalue weighted by Crippen LogP contribution is -2.10. The summed E-state index contributed by atoms with van der Waals surface area (Å²) < 4.78 is 0. The maximum Gasteiger partial charge on any atom is 0.269 e. The van der Waals surface area contributed by atoms with Crippen molar-refractivity contribution in [2.75, 3.05) is 5.32 Å². The number of halogens is 1. The topological polar surface area (TPSA) is 54.9 Å². The number of nitrogens with zero attached hydrogens (tertiary/aromatic N) is 2. The molecule has 2 rings (SSSR count). The van der Waals surface area contributed by atoms with Gasteiger partial charge in [0, 0.05) is 5.41 Å². The molecule has 0 saturated heterocycles. The summed E-state index contributed by atoms with van der Waals surface area (Å²) in [6.07, 6.45) is 0. The zero-order valence-corrected chi connectivity index (χ0v) is 13.5. The van der Waals surface area contributed by atoms with Gasteiger partial charge in [-0.1, -0.05) is 43.7 Å². The fourth-order valence-electron chi connectivity index (χ4n) is 1.31. The van der Waals surface area contributed by atoms with Crippen LogP contribution in [0.1, 0.15) is 41.0 Å². The number of hydrogen-bond acceptors (Lipinski definition) is 5. The Balaban J connectivity index is 2.16. The molecule has 102 valence electrons. The molecule has 0 aliphatic carbocycles. The molecule has 0 radical (unpaired) electrons. The number of thiophene rings is 1. The highest BCUT2D eigenvalue weighted by Crippen LogP contribution is 2.30. The van der Waals surface area contributed by atoms with Crippen LogP contribution in [0.5, 0.6) is 0 Å². The molecule has 2 aromatic rings. The summed E-state index contributed by atoms with van der Waals surface area (Å²) in [5, 5.41) is 14.6. The maximum atomic E-state index is 12.1. The van der Waals surface area contributed by atoms with Gasteiger partial charge in [0.1, 0.15) is 9.88 Å². The van der Waals surface area contributed by atoms with E-state index in [-0.39, 0.29) is 11.3 Å². The molecule has 0 atom stereocenters. The van der Waals surface area contributed by atoms with Gasteiger partial charge in [0.05, 0.1) is 5.02 Å². The Kier molecular flexibility index (Phi) is 3.94. The van der Waals surface area contributed by atoms with Crippen LogP contribution >= 0.6 is 34.3 Å². The minimum absolute atomic E-state index is 0.0716. The zero-order chi connectivity index (χ0) is 14.2. The van der Waals surface area contributed by atoms with Crippen molar-refractivity contribution in [3.8, 4) is 0 Å². The summed E-state index contributed by atoms with van der Waals surface area (Å²) in [4.78, 5) is 12.6. The second-order valence-electron chi connectivity index (χ2n) is 5.18. The summed E-state index contributed by atoms with van der Waals surface area (Å²) in [5.74, 6) is -0.236. The molecule has 1 N–H and O–H groups in total. The number of nitrogens with one attached hydrogen (secondary N) is 1. The van der Waals surface area contributed by atoms with E-state index in [1.54, 1.807) is 0 Å². The normalized spacial score (nSPS) is 11.6. The molecule has 0 aliphatic rings. The van der Waals surface area contributed by atoms with Crippen LogP contribution in [-0.4, -0.2) is 16.1 Å². The van der Waals surface area contributed by atoms with Gasteiger partial charge in [-0.15, -0.1) is 21.5 Å². The SMILES string of the molecule is Cc1csc(C(=O)Nc2nnc(C(C)(C)C)s2)c1Cl. The van der Waals surface area contributed by atoms with Crippen molar-refractivity contribution in [1.82, 2.24) is 10.2 Å². The lowest BCUT2D eigenvalue weighted by atomic mass is 9.98. The Labute approximate surface area is 124 Å². The van der Waals surface area contributed by atoms with Crippen molar-refractivity contribution in [3.05, 3.63) is 25.9 Å². The van der Waals surface area contributed by atoms with Gasteiger partial charge in [0.2, 0.25) is 5.13 Å². The molecule has 0 unspecified atom stereocenters. The fraction of sp³-hybridized carbons (Fsp3) is 0.417. The highest BCUT2D eigenvalue weighted by atomic mass is 35.5. The predicted octanol–water partition coefficient (Wildman–Crippen LogP) is 4.11. The molecule has 0 fully saturated rings. The first-order chi connectivity index (χ1) is 8.79. The highest BCUT2D eigenvalue weighted by Gasteiger charge is 2.21. The Hall–Kier alpha value is -0.980. The van der Waals surface area contributed by atoms with Gasteiger partial charge in [-0.25, -0.2) is 0 Å². The summed E-state index contributed by atoms with van der Waals surface area (Å²) in [7, 11) is 0. The van der Waals surface area contributed by atoms with Crippen LogP contribution < -0.4 is 5.32 Å². The van der Waals surface area contributed by atoms with Crippen LogP contribution in [0.3, 0.4) is 0 Å². The smallest absolute Gasteiger partial charge is 0.269 e. The summed E-state index contributed by atoms with van der Waals surface area (Å²) >= 11 is 8.78. The largest absolute Gasteiger partial charge is 0.296 e. The third kappa shape index (κ3) is 3.13. The van der Waals surface area contributed by atoms with Crippen molar-refractivity contribution < 1.29 is 4.79 Å². The molecule has 19 heavy (non-hydrogen) atoms. The zero-order valence-electron chi connectivity index (χ0n) is 11.1. The Morgan fingerprint density at radius 1 is 1.37 bits per heavy atom. The number of amides is 1. The molecule has 4 nitrogen and oxygen atoms in total. The number of rotatable bonds is 2. The van der Waals surface area contributed by atoms with Crippen LogP contribution in [0.25, 0.3) is 0 Å². The molecule has 7 heteroatoms. The first kappa shape index (κ1) is 14.4. The van der Waals surface area contributed by atoms with E-state index in [0.29, 0.717) is 15.0 Å². The van der Waals surface area contributed by atoms with Crippen LogP contribution in [0.15, 0.2) is 5.38 Å².